The number of rotatable bonds is 5. The summed E-state index contributed by atoms with van der Waals surface area (Å²) >= 11 is 5.93. The lowest BCUT2D eigenvalue weighted by Crippen LogP contribution is -2.40. The van der Waals surface area contributed by atoms with Crippen molar-refractivity contribution in [2.45, 2.75) is 38.3 Å². The molecule has 4 rings (SSSR count). The van der Waals surface area contributed by atoms with Gasteiger partial charge in [0.1, 0.15) is 0 Å². The average Bonchev–Trinajstić information content (AvgIpc) is 3.18. The minimum atomic E-state index is -0.782. The summed E-state index contributed by atoms with van der Waals surface area (Å²) in [5, 5.41) is 2.32. The number of hydrogen-bond acceptors (Lipinski definition) is 4. The van der Waals surface area contributed by atoms with Crippen LogP contribution in [0.2, 0.25) is 5.02 Å². The van der Waals surface area contributed by atoms with E-state index in [1.807, 2.05) is 30.3 Å². The molecule has 2 fully saturated rings. The maximum absolute atomic E-state index is 13.2. The van der Waals surface area contributed by atoms with Gasteiger partial charge in [-0.05, 0) is 42.8 Å². The van der Waals surface area contributed by atoms with Gasteiger partial charge in [-0.15, -0.1) is 0 Å². The Morgan fingerprint density at radius 3 is 2.33 bits per heavy atom. The highest BCUT2D eigenvalue weighted by Gasteiger charge is 2.59. The zero-order chi connectivity index (χ0) is 19.0. The van der Waals surface area contributed by atoms with E-state index in [-0.39, 0.29) is 17.9 Å². The van der Waals surface area contributed by atoms with E-state index in [2.05, 4.69) is 6.92 Å². The van der Waals surface area contributed by atoms with Crippen LogP contribution in [0.1, 0.15) is 26.2 Å². The fourth-order valence-corrected chi connectivity index (χ4v) is 4.00. The Morgan fingerprint density at radius 1 is 0.963 bits per heavy atom. The molecule has 0 unspecified atom stereocenters. The number of halogens is 1. The first-order valence-electron chi connectivity index (χ1n) is 9.26. The van der Waals surface area contributed by atoms with Gasteiger partial charge in [-0.25, -0.2) is 9.96 Å². The van der Waals surface area contributed by atoms with Gasteiger partial charge in [0.2, 0.25) is 5.91 Å². The molecule has 27 heavy (non-hydrogen) atoms. The molecule has 0 N–H and O–H groups in total. The normalized spacial score (nSPS) is 24.6. The number of anilines is 2. The van der Waals surface area contributed by atoms with Crippen molar-refractivity contribution >= 4 is 34.8 Å². The van der Waals surface area contributed by atoms with Crippen molar-refractivity contribution in [2.24, 2.45) is 5.92 Å². The molecule has 0 aliphatic carbocycles. The predicted molar refractivity (Wildman–Crippen MR) is 105 cm³/mol. The van der Waals surface area contributed by atoms with Gasteiger partial charge in [-0.3, -0.25) is 14.4 Å². The standard InChI is InChI=1S/C21H21ClN2O3/c1-2-3-9-17-18-19(27-24(17)16-7-5-4-6-8-16)21(26)23(20(18)25)15-12-10-14(22)11-13-15/h4-8,10-13,17-19H,2-3,9H2,1H3/t17-,18-,19+/m1/s1. The van der Waals surface area contributed by atoms with E-state index < -0.39 is 12.0 Å². The molecule has 0 spiro atoms. The SMILES string of the molecule is CCCC[C@@H]1[C@H]2C(=O)N(c3ccc(Cl)cc3)C(=O)[C@H]2ON1c1ccccc1. The lowest BCUT2D eigenvalue weighted by Gasteiger charge is -2.28. The van der Waals surface area contributed by atoms with Crippen LogP contribution in [0.5, 0.6) is 0 Å². The zero-order valence-corrected chi connectivity index (χ0v) is 15.8. The van der Waals surface area contributed by atoms with Crippen molar-refractivity contribution in [1.29, 1.82) is 0 Å². The molecule has 2 aromatic rings. The van der Waals surface area contributed by atoms with Gasteiger partial charge < -0.3 is 0 Å². The van der Waals surface area contributed by atoms with Crippen LogP contribution in [0.25, 0.3) is 0 Å². The van der Waals surface area contributed by atoms with Crippen LogP contribution in [-0.4, -0.2) is 24.0 Å². The van der Waals surface area contributed by atoms with E-state index in [9.17, 15) is 9.59 Å². The molecule has 2 saturated heterocycles. The molecule has 0 radical (unpaired) electrons. The van der Waals surface area contributed by atoms with E-state index in [0.717, 1.165) is 24.9 Å². The third-order valence-electron chi connectivity index (χ3n) is 5.19. The van der Waals surface area contributed by atoms with E-state index in [1.165, 1.54) is 4.90 Å². The molecule has 6 heteroatoms. The molecule has 2 amide bonds. The number of unbranched alkanes of at least 4 members (excludes halogenated alkanes) is 1. The number of benzene rings is 2. The topological polar surface area (TPSA) is 49.9 Å². The quantitative estimate of drug-likeness (QED) is 0.724. The molecule has 2 aliphatic heterocycles. The van der Waals surface area contributed by atoms with Crippen LogP contribution in [0.3, 0.4) is 0 Å². The van der Waals surface area contributed by atoms with E-state index in [1.54, 1.807) is 29.3 Å². The molecular formula is C21H21ClN2O3. The number of imide groups is 1. The van der Waals surface area contributed by atoms with Crippen LogP contribution in [0, 0.1) is 5.92 Å². The molecule has 0 saturated carbocycles. The fourth-order valence-electron chi connectivity index (χ4n) is 3.87. The van der Waals surface area contributed by atoms with Crippen molar-refractivity contribution in [3.05, 3.63) is 59.6 Å². The number of hydrogen-bond donors (Lipinski definition) is 0. The third-order valence-corrected chi connectivity index (χ3v) is 5.44. The summed E-state index contributed by atoms with van der Waals surface area (Å²) in [5.74, 6) is -1.01. The fraction of sp³-hybridized carbons (Fsp3) is 0.333. The highest BCUT2D eigenvalue weighted by atomic mass is 35.5. The van der Waals surface area contributed by atoms with Crippen molar-refractivity contribution in [3.63, 3.8) is 0 Å². The summed E-state index contributed by atoms with van der Waals surface area (Å²) in [6, 6.07) is 16.2. The second-order valence-corrected chi connectivity index (χ2v) is 7.35. The highest BCUT2D eigenvalue weighted by molar-refractivity contribution is 6.31. The lowest BCUT2D eigenvalue weighted by atomic mass is 9.92. The molecule has 2 heterocycles. The average molecular weight is 385 g/mol. The van der Waals surface area contributed by atoms with Crippen LogP contribution in [0.15, 0.2) is 54.6 Å². The summed E-state index contributed by atoms with van der Waals surface area (Å²) in [4.78, 5) is 33.5. The van der Waals surface area contributed by atoms with Gasteiger partial charge in [-0.1, -0.05) is 49.6 Å². The van der Waals surface area contributed by atoms with Crippen molar-refractivity contribution in [2.75, 3.05) is 9.96 Å². The number of nitrogens with zero attached hydrogens (tertiary/aromatic N) is 2. The van der Waals surface area contributed by atoms with Crippen molar-refractivity contribution in [1.82, 2.24) is 0 Å². The molecule has 0 aromatic heterocycles. The Bertz CT molecular complexity index is 840. The van der Waals surface area contributed by atoms with E-state index in [0.29, 0.717) is 10.7 Å². The van der Waals surface area contributed by atoms with Crippen LogP contribution < -0.4 is 9.96 Å². The molecular weight excluding hydrogens is 364 g/mol. The summed E-state index contributed by atoms with van der Waals surface area (Å²) in [6.07, 6.45) is 1.98. The molecule has 2 aromatic carbocycles. The zero-order valence-electron chi connectivity index (χ0n) is 15.0. The number of carbonyl (C=O) groups is 2. The lowest BCUT2D eigenvalue weighted by molar-refractivity contribution is -0.126. The van der Waals surface area contributed by atoms with Gasteiger partial charge >= 0.3 is 0 Å². The Kier molecular flexibility index (Phi) is 4.89. The van der Waals surface area contributed by atoms with Gasteiger partial charge in [0.05, 0.1) is 23.3 Å². The molecule has 3 atom stereocenters. The largest absolute Gasteiger partial charge is 0.273 e. The number of carbonyl (C=O) groups excluding carboxylic acids is 2. The summed E-state index contributed by atoms with van der Waals surface area (Å²) < 4.78 is 0. The number of amides is 2. The maximum Gasteiger partial charge on any atom is 0.266 e. The summed E-state index contributed by atoms with van der Waals surface area (Å²) in [7, 11) is 0. The Morgan fingerprint density at radius 2 is 1.67 bits per heavy atom. The number of hydroxylamine groups is 1. The first-order chi connectivity index (χ1) is 13.1. The van der Waals surface area contributed by atoms with Gasteiger partial charge in [0, 0.05) is 5.02 Å². The molecule has 140 valence electrons. The third kappa shape index (κ3) is 3.11. The second kappa shape index (κ2) is 7.33. The Balaban J connectivity index is 1.66. The number of para-hydroxylation sites is 1. The minimum absolute atomic E-state index is 0.161. The van der Waals surface area contributed by atoms with Gasteiger partial charge in [0.15, 0.2) is 6.10 Å². The monoisotopic (exact) mass is 384 g/mol. The summed E-state index contributed by atoms with van der Waals surface area (Å²) in [5.41, 5.74) is 1.40. The predicted octanol–water partition coefficient (Wildman–Crippen LogP) is 4.21. The molecule has 5 nitrogen and oxygen atoms in total. The minimum Gasteiger partial charge on any atom is -0.273 e. The summed E-state index contributed by atoms with van der Waals surface area (Å²) in [6.45, 7) is 2.11. The Hall–Kier alpha value is -2.37. The van der Waals surface area contributed by atoms with Crippen molar-refractivity contribution in [3.8, 4) is 0 Å². The smallest absolute Gasteiger partial charge is 0.266 e. The van der Waals surface area contributed by atoms with Crippen LogP contribution >= 0.6 is 11.6 Å². The van der Waals surface area contributed by atoms with Crippen LogP contribution in [0.4, 0.5) is 11.4 Å². The van der Waals surface area contributed by atoms with E-state index >= 15 is 0 Å². The van der Waals surface area contributed by atoms with Gasteiger partial charge in [-0.2, -0.15) is 0 Å². The second-order valence-electron chi connectivity index (χ2n) is 6.91. The molecule has 2 aliphatic rings. The first kappa shape index (κ1) is 18.0. The maximum atomic E-state index is 13.2. The van der Waals surface area contributed by atoms with Crippen molar-refractivity contribution < 1.29 is 14.4 Å². The number of fused-ring (bicyclic) bond motifs is 1. The first-order valence-corrected chi connectivity index (χ1v) is 9.64. The Labute approximate surface area is 163 Å². The van der Waals surface area contributed by atoms with E-state index in [4.69, 9.17) is 16.4 Å². The molecule has 0 bridgehead atoms. The van der Waals surface area contributed by atoms with Crippen LogP contribution in [-0.2, 0) is 14.4 Å². The van der Waals surface area contributed by atoms with Gasteiger partial charge in [0.25, 0.3) is 5.91 Å². The highest BCUT2D eigenvalue weighted by Crippen LogP contribution is 2.42.